The van der Waals surface area contributed by atoms with Crippen molar-refractivity contribution in [1.29, 1.82) is 0 Å². The third-order valence-electron chi connectivity index (χ3n) is 0.113. The fourth-order valence-corrected chi connectivity index (χ4v) is 0.321. The molecule has 0 aliphatic rings. The van der Waals surface area contributed by atoms with Crippen molar-refractivity contribution < 1.29 is 18.4 Å². The predicted octanol–water partition coefficient (Wildman–Crippen LogP) is -1.57. The summed E-state index contributed by atoms with van der Waals surface area (Å²) in [6, 6.07) is 0. The maximum absolute atomic E-state index is 9.41. The van der Waals surface area contributed by atoms with Crippen LogP contribution in [0.4, 0.5) is 0 Å². The summed E-state index contributed by atoms with van der Waals surface area (Å²) >= 11 is 0. The molecule has 33 valence electrons. The minimum absolute atomic E-state index is 2.33. The molecule has 0 aromatic carbocycles. The van der Waals surface area contributed by atoms with E-state index in [9.17, 15) is 4.46 Å². The largest absolute Gasteiger partial charge is 0.797 e. The third kappa shape index (κ3) is 3.79. The van der Waals surface area contributed by atoms with Crippen LogP contribution in [0.3, 0.4) is 0 Å². The van der Waals surface area contributed by atoms with Crippen LogP contribution in [0.25, 0.3) is 0 Å². The normalized spacial score (nSPS) is 7.50. The lowest BCUT2D eigenvalue weighted by molar-refractivity contribution is -0.119. The molecule has 0 amide bonds. The van der Waals surface area contributed by atoms with E-state index in [1.807, 2.05) is 0 Å². The van der Waals surface area contributed by atoms with Gasteiger partial charge in [0.2, 0.25) is 0 Å². The van der Waals surface area contributed by atoms with E-state index in [1.54, 1.807) is 0 Å². The fourth-order valence-electron chi connectivity index (χ4n) is 0.0356. The lowest BCUT2D eigenvalue weighted by Crippen LogP contribution is -2.03. The van der Waals surface area contributed by atoms with Gasteiger partial charge in [-0.15, -0.1) is 0 Å². The number of hydrogen-bond donors (Lipinski definition) is 1. The molecule has 0 aliphatic carbocycles. The van der Waals surface area contributed by atoms with Crippen molar-refractivity contribution in [2.75, 3.05) is 0 Å². The Morgan fingerprint density at radius 2 is 2.33 bits per heavy atom. The monoisotopic (exact) mass is 121 g/mol. The number of hydrogen-bond acceptors (Lipinski definition) is 3. The summed E-state index contributed by atoms with van der Waals surface area (Å²) in [4.78, 5) is 7.72. The van der Waals surface area contributed by atoms with E-state index in [2.05, 4.69) is 19.6 Å². The van der Waals surface area contributed by atoms with Crippen LogP contribution in [-0.2, 0) is 13.6 Å². The van der Waals surface area contributed by atoms with Crippen LogP contribution < -0.4 is 0 Å². The third-order valence-corrected chi connectivity index (χ3v) is 0.589. The lowest BCUT2D eigenvalue weighted by atomic mass is 14.9. The summed E-state index contributed by atoms with van der Waals surface area (Å²) in [5, 5.41) is 0. The molecule has 0 aromatic heterocycles. The van der Waals surface area contributed by atoms with Gasteiger partial charge in [0, 0.05) is 0 Å². The first-order chi connectivity index (χ1) is 2.77. The van der Waals surface area contributed by atoms with Gasteiger partial charge in [0.15, 0.2) is 0 Å². The number of rotatable bonds is 2. The molecule has 0 saturated carbocycles. The van der Waals surface area contributed by atoms with Crippen molar-refractivity contribution in [2.45, 2.75) is 0 Å². The van der Waals surface area contributed by atoms with E-state index in [0.717, 1.165) is 0 Å². The Morgan fingerprint density at radius 1 is 1.83 bits per heavy atom. The van der Waals surface area contributed by atoms with Crippen LogP contribution in [-0.4, -0.2) is 24.5 Å². The first-order valence-electron chi connectivity index (χ1n) is 1.00. The zero-order chi connectivity index (χ0) is 4.99. The maximum atomic E-state index is 9.41. The highest BCUT2D eigenvalue weighted by molar-refractivity contribution is 6.24. The molecule has 1 N–H and O–H groups in total. The van der Waals surface area contributed by atoms with E-state index in [-0.39, 0.29) is 0 Å². The van der Waals surface area contributed by atoms with Crippen LogP contribution >= 0.6 is 0 Å². The molecule has 0 fully saturated rings. The average molecular weight is 121 g/mol. The van der Waals surface area contributed by atoms with Crippen LogP contribution in [0.5, 0.6) is 0 Å². The highest BCUT2D eigenvalue weighted by Crippen LogP contribution is 1.62. The van der Waals surface area contributed by atoms with Crippen LogP contribution in [0.2, 0.25) is 0 Å². The minimum atomic E-state index is -2.91. The van der Waals surface area contributed by atoms with Gasteiger partial charge in [-0.2, -0.15) is 0 Å². The molecule has 0 bridgehead atoms. The lowest BCUT2D eigenvalue weighted by Gasteiger charge is -1.85. The van der Waals surface area contributed by atoms with E-state index in [0.29, 0.717) is 0 Å². The highest BCUT2D eigenvalue weighted by Gasteiger charge is 2.00. The molecule has 3 radical (unpaired) electrons. The van der Waals surface area contributed by atoms with Crippen molar-refractivity contribution in [3.63, 3.8) is 0 Å². The molecule has 0 spiro atoms. The van der Waals surface area contributed by atoms with Crippen molar-refractivity contribution in [3.05, 3.63) is 0 Å². The van der Waals surface area contributed by atoms with E-state index in [4.69, 9.17) is 4.80 Å². The smallest absolute Gasteiger partial charge is 0.510 e. The average Bonchev–Trinajstić information content (AvgIpc) is 1.35. The zero-order valence-electron chi connectivity index (χ0n) is 2.67. The highest BCUT2D eigenvalue weighted by atomic mass is 28.3. The second-order valence-electron chi connectivity index (χ2n) is 0.433. The minimum Gasteiger partial charge on any atom is -0.510 e. The summed E-state index contributed by atoms with van der Waals surface area (Å²) in [6.45, 7) is 0. The van der Waals surface area contributed by atoms with Gasteiger partial charge < -0.3 is 9.37 Å². The van der Waals surface area contributed by atoms with E-state index >= 15 is 0 Å². The molecule has 0 unspecified atom stereocenters. The van der Waals surface area contributed by atoms with Gasteiger partial charge in [0.05, 0.1) is 0 Å². The fraction of sp³-hybridized carbons (Fsp3) is 0. The van der Waals surface area contributed by atoms with Crippen LogP contribution in [0.1, 0.15) is 0 Å². The van der Waals surface area contributed by atoms with Gasteiger partial charge in [-0.1, -0.05) is 0 Å². The Morgan fingerprint density at radius 3 is 2.33 bits per heavy atom. The second-order valence-corrected chi connectivity index (χ2v) is 1.30. The van der Waals surface area contributed by atoms with Gasteiger partial charge in [-0.05, 0) is 0 Å². The standard InChI is InChI=1S/HO4Si2/c1-6(2)4-3-5/h1H. The predicted molar refractivity (Wildman–Crippen MR) is 16.6 cm³/mol. The van der Waals surface area contributed by atoms with Crippen molar-refractivity contribution in [1.82, 2.24) is 0 Å². The molecule has 4 nitrogen and oxygen atoms in total. The second kappa shape index (κ2) is 3.00. The Labute approximate surface area is 39.1 Å². The van der Waals surface area contributed by atoms with Crippen molar-refractivity contribution in [3.8, 4) is 0 Å². The Hall–Kier alpha value is -0.206. The SMILES string of the molecule is O=[Si](O)OO[Si]. The molecule has 0 saturated heterocycles. The molecular formula is HO4Si2. The van der Waals surface area contributed by atoms with Crippen molar-refractivity contribution >= 4 is 19.7 Å². The molecular weight excluding hydrogens is 120 g/mol. The van der Waals surface area contributed by atoms with Gasteiger partial charge in [0.25, 0.3) is 0 Å². The Kier molecular flexibility index (Phi) is 2.90. The van der Waals surface area contributed by atoms with Crippen LogP contribution in [0, 0.1) is 0 Å². The topological polar surface area (TPSA) is 55.8 Å². The molecule has 0 rings (SSSR count). The van der Waals surface area contributed by atoms with Gasteiger partial charge in [-0.25, -0.2) is 0 Å². The molecule has 0 atom stereocenters. The molecule has 0 heterocycles. The Balaban J connectivity index is 2.83. The zero-order valence-corrected chi connectivity index (χ0v) is 4.67. The van der Waals surface area contributed by atoms with E-state index in [1.165, 1.54) is 0 Å². The quantitative estimate of drug-likeness (QED) is 0.272. The summed E-state index contributed by atoms with van der Waals surface area (Å²) in [6.07, 6.45) is 0. The summed E-state index contributed by atoms with van der Waals surface area (Å²) < 4.78 is 16.6. The summed E-state index contributed by atoms with van der Waals surface area (Å²) in [5.74, 6) is 0. The van der Waals surface area contributed by atoms with Gasteiger partial charge >= 0.3 is 19.7 Å². The van der Waals surface area contributed by atoms with Gasteiger partial charge in [0.1, 0.15) is 0 Å². The van der Waals surface area contributed by atoms with Gasteiger partial charge in [-0.3, -0.25) is 9.04 Å². The van der Waals surface area contributed by atoms with Crippen LogP contribution in [0.15, 0.2) is 0 Å². The summed E-state index contributed by atoms with van der Waals surface area (Å²) in [7, 11) is -0.571. The molecule has 6 heavy (non-hydrogen) atoms. The first-order valence-corrected chi connectivity index (χ1v) is 2.67. The Bertz CT molecular complexity index is 49.5. The molecule has 0 aliphatic heterocycles. The first kappa shape index (κ1) is 5.79. The van der Waals surface area contributed by atoms with Crippen molar-refractivity contribution in [2.24, 2.45) is 0 Å². The maximum Gasteiger partial charge on any atom is 0.797 e. The van der Waals surface area contributed by atoms with E-state index < -0.39 is 9.17 Å². The molecule has 6 heteroatoms. The molecule has 0 aromatic rings. The summed E-state index contributed by atoms with van der Waals surface area (Å²) in [5.41, 5.74) is 0.